The molecule has 1 heterocycles. The summed E-state index contributed by atoms with van der Waals surface area (Å²) in [4.78, 5) is 0. The molecule has 1 aliphatic heterocycles. The molecule has 0 aromatic heterocycles. The topological polar surface area (TPSA) is 55.4 Å². The molecule has 128 valence electrons. The van der Waals surface area contributed by atoms with E-state index in [0.717, 1.165) is 12.8 Å². The molecule has 23 heavy (non-hydrogen) atoms. The lowest BCUT2D eigenvalue weighted by Crippen LogP contribution is -2.50. The van der Waals surface area contributed by atoms with Crippen molar-refractivity contribution in [3.63, 3.8) is 0 Å². The molecule has 1 aromatic carbocycles. The highest BCUT2D eigenvalue weighted by molar-refractivity contribution is 7.91. The van der Waals surface area contributed by atoms with Crippen LogP contribution in [-0.4, -0.2) is 39.2 Å². The van der Waals surface area contributed by atoms with Gasteiger partial charge in [0, 0.05) is 37.1 Å². The highest BCUT2D eigenvalue weighted by Crippen LogP contribution is 2.35. The Labute approximate surface area is 137 Å². The molecule has 4 nitrogen and oxygen atoms in total. The maximum Gasteiger partial charge on any atom is 0.150 e. The number of nitrogens with one attached hydrogen (secondary N) is 1. The Morgan fingerprint density at radius 3 is 2.48 bits per heavy atom. The van der Waals surface area contributed by atoms with Crippen molar-refractivity contribution in [2.45, 2.75) is 43.0 Å². The molecular weight excluding hydrogens is 317 g/mol. The maximum atomic E-state index is 14.3. The first-order valence-corrected chi connectivity index (χ1v) is 10.2. The minimum absolute atomic E-state index is 0.0781. The summed E-state index contributed by atoms with van der Waals surface area (Å²) in [7, 11) is -2.97. The monoisotopic (exact) mass is 341 g/mol. The summed E-state index contributed by atoms with van der Waals surface area (Å²) in [6.07, 6.45) is 4.32. The summed E-state index contributed by atoms with van der Waals surface area (Å²) in [6.45, 7) is 1.40. The smallest absolute Gasteiger partial charge is 0.150 e. The van der Waals surface area contributed by atoms with Crippen LogP contribution in [0.3, 0.4) is 0 Å². The summed E-state index contributed by atoms with van der Waals surface area (Å²) in [5.41, 5.74) is 0.683. The van der Waals surface area contributed by atoms with E-state index in [1.165, 1.54) is 12.3 Å². The number of hydrogen-bond donors (Lipinski definition) is 1. The minimum Gasteiger partial charge on any atom is -0.381 e. The van der Waals surface area contributed by atoms with Gasteiger partial charge in [-0.05, 0) is 37.7 Å². The molecule has 0 spiro atoms. The zero-order valence-corrected chi connectivity index (χ0v) is 14.2. The van der Waals surface area contributed by atoms with Crippen LogP contribution in [-0.2, 0) is 14.6 Å². The highest BCUT2D eigenvalue weighted by atomic mass is 32.2. The second kappa shape index (κ2) is 6.87. The van der Waals surface area contributed by atoms with Gasteiger partial charge in [0.25, 0.3) is 0 Å². The van der Waals surface area contributed by atoms with Crippen molar-refractivity contribution in [3.05, 3.63) is 35.6 Å². The van der Waals surface area contributed by atoms with Gasteiger partial charge in [0.15, 0.2) is 0 Å². The maximum absolute atomic E-state index is 14.3. The van der Waals surface area contributed by atoms with Gasteiger partial charge in [-0.2, -0.15) is 0 Å². The van der Waals surface area contributed by atoms with Crippen LogP contribution in [0, 0.1) is 11.7 Å². The number of hydrogen-bond acceptors (Lipinski definition) is 4. The van der Waals surface area contributed by atoms with Gasteiger partial charge >= 0.3 is 0 Å². The third kappa shape index (κ3) is 3.92. The van der Waals surface area contributed by atoms with Crippen molar-refractivity contribution in [2.24, 2.45) is 5.92 Å². The van der Waals surface area contributed by atoms with Gasteiger partial charge in [0.1, 0.15) is 15.7 Å². The zero-order chi connectivity index (χ0) is 16.4. The average Bonchev–Trinajstić information content (AvgIpc) is 2.47. The quantitative estimate of drug-likeness (QED) is 0.894. The molecule has 0 unspecified atom stereocenters. The van der Waals surface area contributed by atoms with Crippen molar-refractivity contribution in [3.8, 4) is 0 Å². The van der Waals surface area contributed by atoms with Gasteiger partial charge in [0.2, 0.25) is 0 Å². The lowest BCUT2D eigenvalue weighted by Gasteiger charge is -2.40. The minimum atomic E-state index is -2.97. The van der Waals surface area contributed by atoms with Crippen molar-refractivity contribution >= 4 is 9.84 Å². The van der Waals surface area contributed by atoms with Crippen LogP contribution >= 0.6 is 0 Å². The number of benzene rings is 1. The highest BCUT2D eigenvalue weighted by Gasteiger charge is 2.39. The molecule has 2 fully saturated rings. The van der Waals surface area contributed by atoms with Gasteiger partial charge in [-0.3, -0.25) is 0 Å². The Morgan fingerprint density at radius 2 is 1.87 bits per heavy atom. The van der Waals surface area contributed by atoms with E-state index in [9.17, 15) is 12.8 Å². The molecule has 1 atom stereocenters. The van der Waals surface area contributed by atoms with Gasteiger partial charge in [0.05, 0.1) is 5.25 Å². The van der Waals surface area contributed by atoms with Crippen molar-refractivity contribution in [2.75, 3.05) is 19.5 Å². The first-order chi connectivity index (χ1) is 10.9. The summed E-state index contributed by atoms with van der Waals surface area (Å²) in [5.74, 6) is 0.119. The summed E-state index contributed by atoms with van der Waals surface area (Å²) >= 11 is 0. The Hall–Kier alpha value is -0.980. The normalized spacial score (nSPS) is 27.4. The first kappa shape index (κ1) is 16.9. The third-order valence-electron chi connectivity index (χ3n) is 5.09. The summed E-state index contributed by atoms with van der Waals surface area (Å²) in [6, 6.07) is 6.93. The van der Waals surface area contributed by atoms with Crippen LogP contribution in [0.25, 0.3) is 0 Å². The molecule has 2 aliphatic rings. The molecule has 1 aromatic rings. The van der Waals surface area contributed by atoms with Crippen molar-refractivity contribution in [1.29, 1.82) is 0 Å². The number of sulfone groups is 1. The van der Waals surface area contributed by atoms with Crippen LogP contribution in [0.15, 0.2) is 24.3 Å². The molecule has 1 aliphatic carbocycles. The molecule has 0 amide bonds. The number of ether oxygens (including phenoxy) is 1. The molecule has 1 saturated heterocycles. The second-order valence-electron chi connectivity index (χ2n) is 6.74. The lowest BCUT2D eigenvalue weighted by atomic mass is 9.83. The standard InChI is InChI=1S/C17H24FNO3S/c1-23(20,21)14-10-13(11-14)19-17(12-6-8-22-9-7-12)15-4-2-3-5-16(15)18/h2-5,12-14,17,19H,6-11H2,1H3/t13?,14?,17-/m0/s1. The van der Waals surface area contributed by atoms with Gasteiger partial charge in [-0.15, -0.1) is 0 Å². The molecule has 1 N–H and O–H groups in total. The Balaban J connectivity index is 1.73. The van der Waals surface area contributed by atoms with E-state index in [1.807, 2.05) is 12.1 Å². The predicted octanol–water partition coefficient (Wildman–Crippen LogP) is 2.46. The fourth-order valence-corrected chi connectivity index (χ4v) is 4.73. The molecule has 3 rings (SSSR count). The van der Waals surface area contributed by atoms with Crippen LogP contribution in [0.1, 0.15) is 37.3 Å². The van der Waals surface area contributed by atoms with Gasteiger partial charge in [-0.25, -0.2) is 12.8 Å². The lowest BCUT2D eigenvalue weighted by molar-refractivity contribution is 0.0494. The Kier molecular flexibility index (Phi) is 5.04. The van der Waals surface area contributed by atoms with E-state index >= 15 is 0 Å². The molecule has 0 bridgehead atoms. The van der Waals surface area contributed by atoms with E-state index in [4.69, 9.17) is 4.74 Å². The third-order valence-corrected chi connectivity index (χ3v) is 6.69. The average molecular weight is 341 g/mol. The molecular formula is C17H24FNO3S. The fourth-order valence-electron chi connectivity index (χ4n) is 3.56. The molecule has 0 radical (unpaired) electrons. The zero-order valence-electron chi connectivity index (χ0n) is 13.4. The van der Waals surface area contributed by atoms with E-state index in [-0.39, 0.29) is 23.2 Å². The van der Waals surface area contributed by atoms with Crippen LogP contribution < -0.4 is 5.32 Å². The van der Waals surface area contributed by atoms with Gasteiger partial charge in [-0.1, -0.05) is 18.2 Å². The Morgan fingerprint density at radius 1 is 1.22 bits per heavy atom. The van der Waals surface area contributed by atoms with Gasteiger partial charge < -0.3 is 10.1 Å². The van der Waals surface area contributed by atoms with Crippen molar-refractivity contribution in [1.82, 2.24) is 5.32 Å². The number of halogens is 1. The van der Waals surface area contributed by atoms with E-state index in [0.29, 0.717) is 37.5 Å². The van der Waals surface area contributed by atoms with Crippen LogP contribution in [0.4, 0.5) is 4.39 Å². The first-order valence-electron chi connectivity index (χ1n) is 8.22. The van der Waals surface area contributed by atoms with Crippen LogP contribution in [0.5, 0.6) is 0 Å². The summed E-state index contributed by atoms with van der Waals surface area (Å²) < 4.78 is 42.8. The molecule has 6 heteroatoms. The van der Waals surface area contributed by atoms with Crippen molar-refractivity contribution < 1.29 is 17.5 Å². The van der Waals surface area contributed by atoms with E-state index in [2.05, 4.69) is 5.32 Å². The number of rotatable bonds is 5. The Bertz CT molecular complexity index is 637. The predicted molar refractivity (Wildman–Crippen MR) is 87.5 cm³/mol. The van der Waals surface area contributed by atoms with Crippen LogP contribution in [0.2, 0.25) is 0 Å². The SMILES string of the molecule is CS(=O)(=O)C1CC(N[C@H](c2ccccc2F)C2CCOCC2)C1. The summed E-state index contributed by atoms with van der Waals surface area (Å²) in [5, 5.41) is 3.27. The van der Waals surface area contributed by atoms with E-state index < -0.39 is 9.84 Å². The fraction of sp³-hybridized carbons (Fsp3) is 0.647. The van der Waals surface area contributed by atoms with E-state index in [1.54, 1.807) is 6.07 Å². The molecule has 1 saturated carbocycles. The second-order valence-corrected chi connectivity index (χ2v) is 9.06. The largest absolute Gasteiger partial charge is 0.381 e.